The van der Waals surface area contributed by atoms with E-state index in [4.69, 9.17) is 22.9 Å². The first-order chi connectivity index (χ1) is 5.83. The van der Waals surface area contributed by atoms with Crippen molar-refractivity contribution >= 4 is 22.3 Å². The molecule has 0 saturated heterocycles. The minimum atomic E-state index is -4.47. The maximum absolute atomic E-state index is 10.6. The molecule has 0 heterocycles. The molecule has 0 aromatic heterocycles. The lowest BCUT2D eigenvalue weighted by Crippen LogP contribution is -2.25. The summed E-state index contributed by atoms with van der Waals surface area (Å²) in [4.78, 5) is 0. The summed E-state index contributed by atoms with van der Waals surface area (Å²) in [6, 6.07) is 0. The Bertz CT molecular complexity index is 285. The van der Waals surface area contributed by atoms with Crippen LogP contribution in [-0.2, 0) is 19.0 Å². The number of nitrogens with zero attached hydrogens (tertiary/aromatic N) is 2. The van der Waals surface area contributed by atoms with Crippen LogP contribution < -0.4 is 22.9 Å². The molecule has 0 radical (unpaired) electrons. The molecule has 0 aliphatic heterocycles. The van der Waals surface area contributed by atoms with Crippen LogP contribution in [0.25, 0.3) is 0 Å². The van der Waals surface area contributed by atoms with Crippen LogP contribution in [0, 0.1) is 0 Å². The van der Waals surface area contributed by atoms with E-state index in [9.17, 15) is 8.42 Å². The molecule has 0 spiro atoms. The van der Waals surface area contributed by atoms with E-state index in [0.29, 0.717) is 0 Å². The number of guanidine groups is 2. The molecule has 0 aliphatic rings. The summed E-state index contributed by atoms with van der Waals surface area (Å²) in [7, 11) is -4.47. The second kappa shape index (κ2) is 5.65. The van der Waals surface area contributed by atoms with Gasteiger partial charge < -0.3 is 28.4 Å². The summed E-state index contributed by atoms with van der Waals surface area (Å²) in [5, 5.41) is 5.37. The first-order valence-electron chi connectivity index (χ1n) is 2.63. The topological polar surface area (TPSA) is 213 Å². The summed E-state index contributed by atoms with van der Waals surface area (Å²) in [6.45, 7) is 0. The number of oxime groups is 2. The molecule has 11 nitrogen and oxygen atoms in total. The number of hydrogen-bond donors (Lipinski definition) is 4. The van der Waals surface area contributed by atoms with Gasteiger partial charge in [0.15, 0.2) is 0 Å². The monoisotopic (exact) mass is 230 g/mol. The van der Waals surface area contributed by atoms with Gasteiger partial charge in [-0.25, -0.2) is 8.57 Å². The molecule has 0 aromatic carbocycles. The lowest BCUT2D eigenvalue weighted by Gasteiger charge is -1.96. The van der Waals surface area contributed by atoms with Gasteiger partial charge in [0.2, 0.25) is 11.9 Å². The molecule has 10 N–H and O–H groups in total. The quantitative estimate of drug-likeness (QED) is 0.210. The molecule has 0 aromatic rings. The van der Waals surface area contributed by atoms with Crippen molar-refractivity contribution in [2.75, 3.05) is 0 Å². The third-order valence-corrected chi connectivity index (χ3v) is 0.982. The van der Waals surface area contributed by atoms with Crippen LogP contribution in [-0.4, -0.2) is 25.8 Å². The van der Waals surface area contributed by atoms with Crippen LogP contribution in [0.3, 0.4) is 0 Å². The van der Waals surface area contributed by atoms with Gasteiger partial charge in [0.25, 0.3) is 0 Å². The summed E-state index contributed by atoms with van der Waals surface area (Å²) in [6.07, 6.45) is 0. The zero-order valence-electron chi connectivity index (χ0n) is 6.75. The van der Waals surface area contributed by atoms with Crippen LogP contribution >= 0.6 is 0 Å². The van der Waals surface area contributed by atoms with Crippen molar-refractivity contribution in [1.82, 2.24) is 0 Å². The van der Waals surface area contributed by atoms with Crippen molar-refractivity contribution < 1.29 is 22.5 Å². The van der Waals surface area contributed by atoms with Crippen LogP contribution in [0.1, 0.15) is 0 Å². The van der Waals surface area contributed by atoms with E-state index in [1.807, 2.05) is 0 Å². The largest absolute Gasteiger partial charge is 0.542 e. The van der Waals surface area contributed by atoms with Gasteiger partial charge in [0.1, 0.15) is 0 Å². The number of hydrogen-bond acceptors (Lipinski definition) is 6. The maximum Gasteiger partial charge on any atom is 0.542 e. The lowest BCUT2D eigenvalue weighted by molar-refractivity contribution is 0.228. The Labute approximate surface area is 78.9 Å². The van der Waals surface area contributed by atoms with Crippen LogP contribution in [0.5, 0.6) is 0 Å². The van der Waals surface area contributed by atoms with E-state index >= 15 is 0 Å². The SMILES string of the molecule is NC(N)=NOS(=O)(=O)ON=C(N)N.O. The third-order valence-electron chi connectivity index (χ3n) is 0.468. The molecule has 0 aliphatic carbocycles. The van der Waals surface area contributed by atoms with Crippen LogP contribution in [0.2, 0.25) is 0 Å². The second-order valence-electron chi connectivity index (χ2n) is 1.59. The van der Waals surface area contributed by atoms with Crippen molar-refractivity contribution in [3.05, 3.63) is 0 Å². The van der Waals surface area contributed by atoms with Gasteiger partial charge in [0, 0.05) is 0 Å². The molecular formula is C2H10N6O5S. The van der Waals surface area contributed by atoms with Gasteiger partial charge >= 0.3 is 10.4 Å². The summed E-state index contributed by atoms with van der Waals surface area (Å²) < 4.78 is 28.5. The fourth-order valence-electron chi connectivity index (χ4n) is 0.191. The highest BCUT2D eigenvalue weighted by Crippen LogP contribution is 1.95. The number of rotatable bonds is 4. The summed E-state index contributed by atoms with van der Waals surface area (Å²) >= 11 is 0. The minimum Gasteiger partial charge on any atom is -0.412 e. The zero-order valence-corrected chi connectivity index (χ0v) is 7.56. The Hall–Kier alpha value is -1.95. The average molecular weight is 230 g/mol. The van der Waals surface area contributed by atoms with Crippen molar-refractivity contribution in [2.24, 2.45) is 33.2 Å². The predicted molar refractivity (Wildman–Crippen MR) is 46.3 cm³/mol. The van der Waals surface area contributed by atoms with Gasteiger partial charge in [-0.15, -0.1) is 8.42 Å². The highest BCUT2D eigenvalue weighted by Gasteiger charge is 2.13. The highest BCUT2D eigenvalue weighted by atomic mass is 32.3. The summed E-state index contributed by atoms with van der Waals surface area (Å²) in [5.74, 6) is -1.20. The molecule has 0 bridgehead atoms. The Morgan fingerprint density at radius 3 is 1.43 bits per heavy atom. The van der Waals surface area contributed by atoms with Crippen molar-refractivity contribution in [1.29, 1.82) is 0 Å². The van der Waals surface area contributed by atoms with E-state index in [2.05, 4.69) is 18.9 Å². The van der Waals surface area contributed by atoms with Gasteiger partial charge in [0.05, 0.1) is 0 Å². The fourth-order valence-corrected chi connectivity index (χ4v) is 0.573. The van der Waals surface area contributed by atoms with E-state index in [-0.39, 0.29) is 5.48 Å². The Kier molecular flexibility index (Phi) is 5.88. The molecular weight excluding hydrogens is 220 g/mol. The molecule has 0 fully saturated rings. The van der Waals surface area contributed by atoms with Gasteiger partial charge in [-0.1, -0.05) is 0 Å². The minimum absolute atomic E-state index is 0. The molecule has 12 heteroatoms. The van der Waals surface area contributed by atoms with Crippen LogP contribution in [0.4, 0.5) is 0 Å². The molecule has 0 rings (SSSR count). The maximum atomic E-state index is 10.6. The molecule has 14 heavy (non-hydrogen) atoms. The lowest BCUT2D eigenvalue weighted by atomic mass is 11.1. The molecule has 0 saturated carbocycles. The van der Waals surface area contributed by atoms with E-state index in [1.54, 1.807) is 0 Å². The average Bonchev–Trinajstić information content (AvgIpc) is 1.98. The highest BCUT2D eigenvalue weighted by molar-refractivity contribution is 7.81. The van der Waals surface area contributed by atoms with Crippen molar-refractivity contribution in [2.45, 2.75) is 0 Å². The summed E-state index contributed by atoms with van der Waals surface area (Å²) in [5.41, 5.74) is 19.0. The number of nitrogens with two attached hydrogens (primary N) is 4. The van der Waals surface area contributed by atoms with Crippen molar-refractivity contribution in [3.63, 3.8) is 0 Å². The molecule has 84 valence electrons. The smallest absolute Gasteiger partial charge is 0.412 e. The fraction of sp³-hybridized carbons (Fsp3) is 0. The first-order valence-corrected chi connectivity index (χ1v) is 3.97. The van der Waals surface area contributed by atoms with E-state index < -0.39 is 22.3 Å². The molecule has 0 amide bonds. The van der Waals surface area contributed by atoms with Gasteiger partial charge in [-0.3, -0.25) is 0 Å². The van der Waals surface area contributed by atoms with Crippen LogP contribution in [0.15, 0.2) is 10.3 Å². The Morgan fingerprint density at radius 1 is 0.929 bits per heavy atom. The Morgan fingerprint density at radius 2 is 1.21 bits per heavy atom. The first kappa shape index (κ1) is 14.6. The standard InChI is InChI=1S/C2H8N6O4S.H2O/c3-1(4)7-11-13(9,10)12-8-2(5)6;/h(H4,3,4,7)(H4,5,6,8);1H2. The van der Waals surface area contributed by atoms with Gasteiger partial charge in [-0.05, 0) is 10.3 Å². The van der Waals surface area contributed by atoms with E-state index in [1.165, 1.54) is 0 Å². The molecule has 0 unspecified atom stereocenters. The zero-order chi connectivity index (χ0) is 10.5. The third kappa shape index (κ3) is 8.15. The van der Waals surface area contributed by atoms with Gasteiger partial charge in [-0.2, -0.15) is 0 Å². The second-order valence-corrected chi connectivity index (χ2v) is 2.70. The normalized spacial score (nSPS) is 9.14. The van der Waals surface area contributed by atoms with Crippen molar-refractivity contribution in [3.8, 4) is 0 Å². The predicted octanol–water partition coefficient (Wildman–Crippen LogP) is -4.18. The van der Waals surface area contributed by atoms with E-state index in [0.717, 1.165) is 0 Å². The molecule has 0 atom stereocenters. The Balaban J connectivity index is 0.